The van der Waals surface area contributed by atoms with Gasteiger partial charge in [-0.3, -0.25) is 14.4 Å². The number of hydrogen-bond donors (Lipinski definition) is 1. The average Bonchev–Trinajstić information content (AvgIpc) is 3.42. The number of benzene rings is 2. The Balaban J connectivity index is 1.54. The molecule has 2 heterocycles. The first-order valence-electron chi connectivity index (χ1n) is 10.8. The van der Waals surface area contributed by atoms with E-state index in [1.165, 1.54) is 40.1 Å². The summed E-state index contributed by atoms with van der Waals surface area (Å²) in [7, 11) is -4.45. The van der Waals surface area contributed by atoms with E-state index in [0.29, 0.717) is 0 Å². The topological polar surface area (TPSA) is 104 Å². The zero-order valence-corrected chi connectivity index (χ0v) is 20.4. The minimum Gasteiger partial charge on any atom is -0.336 e. The molecular formula is C24H21F2N3O5S2. The summed E-state index contributed by atoms with van der Waals surface area (Å²) in [5, 5.41) is 1.97. The first-order valence-corrected chi connectivity index (χ1v) is 13.3. The summed E-state index contributed by atoms with van der Waals surface area (Å²) in [5.41, 5.74) is -0.0998. The Hall–Kier alpha value is -3.64. The van der Waals surface area contributed by atoms with Crippen molar-refractivity contribution in [2.75, 3.05) is 26.2 Å². The fourth-order valence-corrected chi connectivity index (χ4v) is 5.82. The summed E-state index contributed by atoms with van der Waals surface area (Å²) in [6, 6.07) is 12.6. The van der Waals surface area contributed by atoms with E-state index >= 15 is 0 Å². The third-order valence-electron chi connectivity index (χ3n) is 5.67. The first-order chi connectivity index (χ1) is 17.2. The highest BCUT2D eigenvalue weighted by atomic mass is 32.2. The molecule has 0 radical (unpaired) electrons. The summed E-state index contributed by atoms with van der Waals surface area (Å²) in [6.07, 6.45) is 0. The van der Waals surface area contributed by atoms with Crippen molar-refractivity contribution in [1.82, 2.24) is 15.1 Å². The zero-order valence-electron chi connectivity index (χ0n) is 18.8. The lowest BCUT2D eigenvalue weighted by Gasteiger charge is -2.36. The van der Waals surface area contributed by atoms with Crippen molar-refractivity contribution in [1.29, 1.82) is 0 Å². The van der Waals surface area contributed by atoms with E-state index in [1.54, 1.807) is 11.4 Å². The highest BCUT2D eigenvalue weighted by Crippen LogP contribution is 2.20. The quantitative estimate of drug-likeness (QED) is 0.491. The van der Waals surface area contributed by atoms with Crippen LogP contribution in [0.15, 0.2) is 70.9 Å². The molecule has 1 aromatic heterocycles. The molecule has 1 saturated heterocycles. The Labute approximate surface area is 210 Å². The number of carbonyl (C=O) groups is 3. The van der Waals surface area contributed by atoms with Crippen LogP contribution in [0.5, 0.6) is 0 Å². The van der Waals surface area contributed by atoms with Crippen LogP contribution in [0.4, 0.5) is 8.78 Å². The number of piperazine rings is 1. The van der Waals surface area contributed by atoms with Gasteiger partial charge in [-0.1, -0.05) is 18.2 Å². The number of sulfone groups is 1. The second kappa shape index (κ2) is 10.5. The van der Waals surface area contributed by atoms with Crippen LogP contribution in [0.3, 0.4) is 0 Å². The highest BCUT2D eigenvalue weighted by Gasteiger charge is 2.40. The molecule has 0 saturated carbocycles. The van der Waals surface area contributed by atoms with E-state index in [-0.39, 0.29) is 41.5 Å². The van der Waals surface area contributed by atoms with Crippen LogP contribution < -0.4 is 5.32 Å². The Morgan fingerprint density at radius 2 is 1.50 bits per heavy atom. The average molecular weight is 534 g/mol. The molecule has 1 aliphatic heterocycles. The predicted molar refractivity (Wildman–Crippen MR) is 128 cm³/mol. The van der Waals surface area contributed by atoms with E-state index in [9.17, 15) is 31.6 Å². The van der Waals surface area contributed by atoms with Crippen LogP contribution in [0.2, 0.25) is 0 Å². The molecule has 0 unspecified atom stereocenters. The monoisotopic (exact) mass is 533 g/mol. The molecule has 2 aromatic carbocycles. The second-order valence-electron chi connectivity index (χ2n) is 7.93. The van der Waals surface area contributed by atoms with Crippen LogP contribution in [0.1, 0.15) is 20.0 Å². The molecule has 3 amide bonds. The molecule has 3 aromatic rings. The lowest BCUT2D eigenvalue weighted by Crippen LogP contribution is -2.57. The number of rotatable bonds is 6. The number of nitrogens with one attached hydrogen (secondary N) is 1. The molecule has 1 fully saturated rings. The van der Waals surface area contributed by atoms with Gasteiger partial charge < -0.3 is 15.1 Å². The van der Waals surface area contributed by atoms with Gasteiger partial charge >= 0.3 is 0 Å². The van der Waals surface area contributed by atoms with Crippen LogP contribution in [-0.4, -0.2) is 67.5 Å². The lowest BCUT2D eigenvalue weighted by molar-refractivity contribution is -0.132. The third-order valence-corrected chi connectivity index (χ3v) is 8.40. The zero-order chi connectivity index (χ0) is 25.9. The molecule has 12 heteroatoms. The van der Waals surface area contributed by atoms with Crippen LogP contribution >= 0.6 is 11.3 Å². The van der Waals surface area contributed by atoms with E-state index in [4.69, 9.17) is 0 Å². The van der Waals surface area contributed by atoms with E-state index < -0.39 is 44.6 Å². The molecule has 8 nitrogen and oxygen atoms in total. The Morgan fingerprint density at radius 3 is 2.11 bits per heavy atom. The molecule has 1 aliphatic rings. The number of carbonyl (C=O) groups excluding carboxylic acids is 3. The van der Waals surface area contributed by atoms with E-state index in [1.807, 2.05) is 0 Å². The van der Waals surface area contributed by atoms with Crippen molar-refractivity contribution in [3.63, 3.8) is 0 Å². The van der Waals surface area contributed by atoms with Crippen molar-refractivity contribution in [3.05, 3.63) is 88.1 Å². The number of thiophene rings is 1. The third kappa shape index (κ3) is 5.29. The Morgan fingerprint density at radius 1 is 0.861 bits per heavy atom. The van der Waals surface area contributed by atoms with Crippen molar-refractivity contribution in [3.8, 4) is 0 Å². The van der Waals surface area contributed by atoms with Gasteiger partial charge in [0.1, 0.15) is 11.6 Å². The van der Waals surface area contributed by atoms with Crippen LogP contribution in [-0.2, 0) is 14.6 Å². The van der Waals surface area contributed by atoms with Gasteiger partial charge in [-0.15, -0.1) is 11.3 Å². The fourth-order valence-electron chi connectivity index (χ4n) is 3.73. The van der Waals surface area contributed by atoms with Crippen molar-refractivity contribution in [2.45, 2.75) is 10.3 Å². The molecule has 0 spiro atoms. The van der Waals surface area contributed by atoms with Gasteiger partial charge in [0.05, 0.1) is 15.3 Å². The normalized spacial score (nSPS) is 14.8. The largest absolute Gasteiger partial charge is 0.336 e. The number of halogens is 2. The maximum atomic E-state index is 14.0. The lowest BCUT2D eigenvalue weighted by atomic mass is 10.1. The van der Waals surface area contributed by atoms with Gasteiger partial charge in [-0.2, -0.15) is 0 Å². The molecule has 0 aliphatic carbocycles. The van der Waals surface area contributed by atoms with Gasteiger partial charge in [0.2, 0.25) is 15.2 Å². The summed E-state index contributed by atoms with van der Waals surface area (Å²) in [4.78, 5) is 41.2. The molecule has 188 valence electrons. The van der Waals surface area contributed by atoms with Crippen molar-refractivity contribution >= 4 is 38.9 Å². The second-order valence-corrected chi connectivity index (χ2v) is 10.9. The summed E-state index contributed by atoms with van der Waals surface area (Å²) < 4.78 is 54.1. The Bertz CT molecular complexity index is 1370. The van der Waals surface area contributed by atoms with Crippen LogP contribution in [0.25, 0.3) is 0 Å². The standard InChI is InChI=1S/C24H21F2N3O5S2/c25-16-7-9-17(10-8-16)36(33,34)22(27-21(30)20-6-3-15-35-20)24(32)29-13-11-28(12-14-29)23(31)18-4-1-2-5-19(18)26/h1-10,15,22H,11-14H2,(H,27,30)/t22-/m1/s1. The van der Waals surface area contributed by atoms with Crippen molar-refractivity contribution < 1.29 is 31.6 Å². The summed E-state index contributed by atoms with van der Waals surface area (Å²) in [6.45, 7) is 0.0366. The molecule has 4 rings (SSSR count). The van der Waals surface area contributed by atoms with Crippen molar-refractivity contribution in [2.24, 2.45) is 0 Å². The number of hydrogen-bond acceptors (Lipinski definition) is 6. The fraction of sp³-hybridized carbons (Fsp3) is 0.208. The minimum absolute atomic E-state index is 0.0245. The summed E-state index contributed by atoms with van der Waals surface area (Å²) >= 11 is 1.08. The predicted octanol–water partition coefficient (Wildman–Crippen LogP) is 2.54. The highest BCUT2D eigenvalue weighted by molar-refractivity contribution is 7.92. The molecule has 36 heavy (non-hydrogen) atoms. The summed E-state index contributed by atoms with van der Waals surface area (Å²) in [5.74, 6) is -3.50. The number of amides is 3. The van der Waals surface area contributed by atoms with E-state index in [0.717, 1.165) is 35.6 Å². The molecule has 0 bridgehead atoms. The maximum absolute atomic E-state index is 14.0. The van der Waals surface area contributed by atoms with Gasteiger partial charge in [0, 0.05) is 26.2 Å². The smallest absolute Gasteiger partial charge is 0.262 e. The molecular weight excluding hydrogens is 512 g/mol. The Kier molecular flexibility index (Phi) is 7.45. The molecule has 1 N–H and O–H groups in total. The van der Waals surface area contributed by atoms with E-state index in [2.05, 4.69) is 5.32 Å². The minimum atomic E-state index is -4.45. The maximum Gasteiger partial charge on any atom is 0.262 e. The van der Waals surface area contributed by atoms with Gasteiger partial charge in [0.25, 0.3) is 17.7 Å². The number of nitrogens with zero attached hydrogens (tertiary/aromatic N) is 2. The van der Waals surface area contributed by atoms with Gasteiger partial charge in [0.15, 0.2) is 0 Å². The van der Waals surface area contributed by atoms with Crippen LogP contribution in [0, 0.1) is 11.6 Å². The SMILES string of the molecule is O=C(N[C@@H](C(=O)N1CCN(C(=O)c2ccccc2F)CC1)S(=O)(=O)c1ccc(F)cc1)c1cccs1. The first kappa shape index (κ1) is 25.5. The van der Waals surface area contributed by atoms with Gasteiger partial charge in [-0.25, -0.2) is 17.2 Å². The van der Waals surface area contributed by atoms with Gasteiger partial charge in [-0.05, 0) is 47.8 Å². The molecule has 1 atom stereocenters.